The van der Waals surface area contributed by atoms with Gasteiger partial charge in [0.25, 0.3) is 5.91 Å². The molecule has 2 heterocycles. The number of nitrogens with zero attached hydrogens (tertiary/aromatic N) is 5. The first-order valence-electron chi connectivity index (χ1n) is 7.44. The number of carbonyl (C=O) groups excluding carboxylic acids is 1. The van der Waals surface area contributed by atoms with Gasteiger partial charge in [0, 0.05) is 34.8 Å². The van der Waals surface area contributed by atoms with E-state index in [9.17, 15) is 4.79 Å². The molecule has 2 N–H and O–H groups in total. The van der Waals surface area contributed by atoms with Crippen LogP contribution < -0.4 is 5.73 Å². The lowest BCUT2D eigenvalue weighted by Gasteiger charge is -2.07. The van der Waals surface area contributed by atoms with Crippen LogP contribution in [0, 0.1) is 3.57 Å². The number of anilines is 1. The minimum atomic E-state index is -0.155. The monoisotopic (exact) mass is 436 g/mol. The van der Waals surface area contributed by atoms with E-state index in [2.05, 4.69) is 37.7 Å². The molecule has 2 aromatic heterocycles. The lowest BCUT2D eigenvalue weighted by molar-refractivity contribution is 0.0823. The number of fused-ring (bicyclic) bond motifs is 1. The Hall–Kier alpha value is -2.23. The number of aromatic nitrogens is 4. The quantitative estimate of drug-likeness (QED) is 0.637. The third-order valence-corrected chi connectivity index (χ3v) is 4.29. The number of halogens is 1. The average molecular weight is 436 g/mol. The molecule has 0 spiro atoms. The van der Waals surface area contributed by atoms with Crippen molar-refractivity contribution in [2.75, 3.05) is 19.8 Å². The van der Waals surface area contributed by atoms with Gasteiger partial charge in [-0.2, -0.15) is 10.1 Å². The lowest BCUT2D eigenvalue weighted by Crippen LogP contribution is -2.22. The highest BCUT2D eigenvalue weighted by Crippen LogP contribution is 2.25. The second-order valence-electron chi connectivity index (χ2n) is 5.55. The normalized spacial score (nSPS) is 11.0. The van der Waals surface area contributed by atoms with E-state index in [0.717, 1.165) is 26.6 Å². The van der Waals surface area contributed by atoms with Crippen molar-refractivity contribution < 1.29 is 4.79 Å². The maximum Gasteiger partial charge on any atom is 0.274 e. The standard InChI is InChI=1S/C16H17IN6O/c1-4-10-8-13(20-16(18)19-10)23-12-7-9(17)5-6-11(12)14(21-23)15(24)22(2)3/h5-8H,4H2,1-3H3,(H2,18,19,20). The van der Waals surface area contributed by atoms with Gasteiger partial charge in [0.1, 0.15) is 0 Å². The summed E-state index contributed by atoms with van der Waals surface area (Å²) in [5, 5.41) is 5.30. The largest absolute Gasteiger partial charge is 0.368 e. The average Bonchev–Trinajstić information content (AvgIpc) is 2.91. The lowest BCUT2D eigenvalue weighted by atomic mass is 10.2. The summed E-state index contributed by atoms with van der Waals surface area (Å²) in [6.45, 7) is 2.00. The summed E-state index contributed by atoms with van der Waals surface area (Å²) in [5.74, 6) is 0.598. The first-order valence-corrected chi connectivity index (χ1v) is 8.52. The zero-order valence-electron chi connectivity index (χ0n) is 13.6. The first-order chi connectivity index (χ1) is 11.4. The number of hydrogen-bond acceptors (Lipinski definition) is 5. The molecule has 0 radical (unpaired) electrons. The Balaban J connectivity index is 2.30. The number of nitrogen functional groups attached to an aromatic ring is 1. The van der Waals surface area contributed by atoms with Gasteiger partial charge in [-0.05, 0) is 47.2 Å². The molecule has 0 aliphatic carbocycles. The van der Waals surface area contributed by atoms with Crippen molar-refractivity contribution in [2.24, 2.45) is 0 Å². The van der Waals surface area contributed by atoms with E-state index in [0.29, 0.717) is 11.5 Å². The Morgan fingerprint density at radius 1 is 1.29 bits per heavy atom. The van der Waals surface area contributed by atoms with E-state index in [1.165, 1.54) is 4.90 Å². The van der Waals surface area contributed by atoms with E-state index >= 15 is 0 Å². The SMILES string of the molecule is CCc1cc(-n2nc(C(=O)N(C)C)c3ccc(I)cc32)nc(N)n1. The molecule has 24 heavy (non-hydrogen) atoms. The topological polar surface area (TPSA) is 89.9 Å². The summed E-state index contributed by atoms with van der Waals surface area (Å²) in [6, 6.07) is 7.67. The van der Waals surface area contributed by atoms with Crippen LogP contribution in [0.3, 0.4) is 0 Å². The van der Waals surface area contributed by atoms with Crippen molar-refractivity contribution in [1.82, 2.24) is 24.6 Å². The zero-order chi connectivity index (χ0) is 17.4. The summed E-state index contributed by atoms with van der Waals surface area (Å²) in [7, 11) is 3.41. The van der Waals surface area contributed by atoms with Gasteiger partial charge < -0.3 is 10.6 Å². The molecule has 3 rings (SSSR count). The molecule has 0 bridgehead atoms. The second-order valence-corrected chi connectivity index (χ2v) is 6.80. The highest BCUT2D eigenvalue weighted by atomic mass is 127. The van der Waals surface area contributed by atoms with E-state index < -0.39 is 0 Å². The van der Waals surface area contributed by atoms with Crippen LogP contribution in [0.5, 0.6) is 0 Å². The molecule has 0 saturated heterocycles. The van der Waals surface area contributed by atoms with Crippen molar-refractivity contribution in [1.29, 1.82) is 0 Å². The second kappa shape index (κ2) is 6.34. The Labute approximate surface area is 153 Å². The fourth-order valence-electron chi connectivity index (χ4n) is 2.43. The highest BCUT2D eigenvalue weighted by Gasteiger charge is 2.20. The van der Waals surface area contributed by atoms with Gasteiger partial charge in [0.15, 0.2) is 11.5 Å². The number of nitrogens with two attached hydrogens (primary N) is 1. The van der Waals surface area contributed by atoms with Gasteiger partial charge in [-0.25, -0.2) is 9.67 Å². The van der Waals surface area contributed by atoms with Gasteiger partial charge in [-0.1, -0.05) is 6.92 Å². The van der Waals surface area contributed by atoms with Gasteiger partial charge in [-0.3, -0.25) is 4.79 Å². The number of carbonyl (C=O) groups is 1. The Bertz CT molecular complexity index is 934. The van der Waals surface area contributed by atoms with Crippen LogP contribution in [-0.2, 0) is 6.42 Å². The predicted octanol–water partition coefficient (Wildman–Crippen LogP) is 2.27. The number of rotatable bonds is 3. The molecule has 1 aromatic carbocycles. The van der Waals surface area contributed by atoms with Crippen molar-refractivity contribution in [2.45, 2.75) is 13.3 Å². The molecular weight excluding hydrogens is 419 g/mol. The molecule has 8 heteroatoms. The smallest absolute Gasteiger partial charge is 0.274 e. The number of aryl methyl sites for hydroxylation is 1. The molecule has 0 aliphatic heterocycles. The Kier molecular flexibility index (Phi) is 4.39. The van der Waals surface area contributed by atoms with E-state index in [-0.39, 0.29) is 11.9 Å². The minimum absolute atomic E-state index is 0.155. The fraction of sp³-hybridized carbons (Fsp3) is 0.250. The van der Waals surface area contributed by atoms with Crippen LogP contribution in [0.2, 0.25) is 0 Å². The zero-order valence-corrected chi connectivity index (χ0v) is 15.8. The summed E-state index contributed by atoms with van der Waals surface area (Å²) < 4.78 is 2.70. The molecule has 0 atom stereocenters. The summed E-state index contributed by atoms with van der Waals surface area (Å²) in [6.07, 6.45) is 0.736. The van der Waals surface area contributed by atoms with E-state index in [4.69, 9.17) is 5.73 Å². The fourth-order valence-corrected chi connectivity index (χ4v) is 2.90. The summed E-state index contributed by atoms with van der Waals surface area (Å²) >= 11 is 2.23. The predicted molar refractivity (Wildman–Crippen MR) is 101 cm³/mol. The first kappa shape index (κ1) is 16.6. The summed E-state index contributed by atoms with van der Waals surface area (Å²) in [4.78, 5) is 22.5. The van der Waals surface area contributed by atoms with E-state index in [1.807, 2.05) is 31.2 Å². The maximum absolute atomic E-state index is 12.5. The maximum atomic E-state index is 12.5. The van der Waals surface area contributed by atoms with Crippen LogP contribution in [0.25, 0.3) is 16.7 Å². The van der Waals surface area contributed by atoms with Gasteiger partial charge in [0.2, 0.25) is 5.95 Å². The van der Waals surface area contributed by atoms with Crippen LogP contribution >= 0.6 is 22.6 Å². The molecule has 0 saturated carbocycles. The Morgan fingerprint density at radius 3 is 2.71 bits per heavy atom. The molecule has 3 aromatic rings. The van der Waals surface area contributed by atoms with Crippen molar-refractivity contribution in [3.8, 4) is 5.82 Å². The van der Waals surface area contributed by atoms with Crippen molar-refractivity contribution in [3.05, 3.63) is 39.2 Å². The molecule has 7 nitrogen and oxygen atoms in total. The number of amides is 1. The van der Waals surface area contributed by atoms with Crippen LogP contribution in [0.1, 0.15) is 23.1 Å². The molecule has 0 aliphatic rings. The van der Waals surface area contributed by atoms with E-state index in [1.54, 1.807) is 18.8 Å². The molecule has 0 unspecified atom stereocenters. The third-order valence-electron chi connectivity index (χ3n) is 3.61. The number of hydrogen-bond donors (Lipinski definition) is 1. The highest BCUT2D eigenvalue weighted by molar-refractivity contribution is 14.1. The van der Waals surface area contributed by atoms with Crippen LogP contribution in [0.15, 0.2) is 24.3 Å². The number of benzene rings is 1. The third kappa shape index (κ3) is 2.93. The molecular formula is C16H17IN6O. The van der Waals surface area contributed by atoms with Gasteiger partial charge >= 0.3 is 0 Å². The van der Waals surface area contributed by atoms with Gasteiger partial charge in [0.05, 0.1) is 5.52 Å². The van der Waals surface area contributed by atoms with Crippen molar-refractivity contribution >= 4 is 45.3 Å². The minimum Gasteiger partial charge on any atom is -0.368 e. The van der Waals surface area contributed by atoms with Crippen LogP contribution in [0.4, 0.5) is 5.95 Å². The van der Waals surface area contributed by atoms with Crippen molar-refractivity contribution in [3.63, 3.8) is 0 Å². The van der Waals surface area contributed by atoms with Crippen LogP contribution in [-0.4, -0.2) is 44.7 Å². The Morgan fingerprint density at radius 2 is 2.04 bits per heavy atom. The molecule has 0 fully saturated rings. The summed E-state index contributed by atoms with van der Waals surface area (Å²) in [5.41, 5.74) is 7.85. The van der Waals surface area contributed by atoms with Gasteiger partial charge in [-0.15, -0.1) is 0 Å². The molecule has 124 valence electrons. The molecule has 1 amide bonds.